The topological polar surface area (TPSA) is 61.4 Å². The maximum Gasteiger partial charge on any atom is 0.224 e. The smallest absolute Gasteiger partial charge is 0.224 e. The van der Waals surface area contributed by atoms with Crippen molar-refractivity contribution in [3.05, 3.63) is 29.8 Å². The molecule has 1 aliphatic carbocycles. The highest BCUT2D eigenvalue weighted by atomic mass is 16.3. The third-order valence-electron chi connectivity index (χ3n) is 3.86. The Labute approximate surface area is 120 Å². The molecule has 1 unspecified atom stereocenters. The molecule has 1 aromatic carbocycles. The number of benzene rings is 1. The summed E-state index contributed by atoms with van der Waals surface area (Å²) < 4.78 is 0. The molecule has 3 N–H and O–H groups in total. The molecule has 0 heterocycles. The summed E-state index contributed by atoms with van der Waals surface area (Å²) in [6.45, 7) is 2.41. The number of aliphatic hydroxyl groups excluding tert-OH is 1. The van der Waals surface area contributed by atoms with Crippen molar-refractivity contribution in [3.63, 3.8) is 0 Å². The number of hydrogen-bond donors (Lipinski definition) is 3. The zero-order chi connectivity index (χ0) is 14.4. The van der Waals surface area contributed by atoms with E-state index < -0.39 is 6.10 Å². The molecule has 1 amide bonds. The van der Waals surface area contributed by atoms with Gasteiger partial charge in [-0.05, 0) is 30.5 Å². The van der Waals surface area contributed by atoms with Gasteiger partial charge < -0.3 is 15.7 Å². The first-order chi connectivity index (χ1) is 9.69. The van der Waals surface area contributed by atoms with Gasteiger partial charge in [-0.1, -0.05) is 31.9 Å². The number of carbonyl (C=O) groups is 1. The van der Waals surface area contributed by atoms with E-state index in [1.54, 1.807) is 0 Å². The lowest BCUT2D eigenvalue weighted by molar-refractivity contribution is -0.115. The molecule has 2 rings (SSSR count). The molecular formula is C16H24N2O2. The fourth-order valence-electron chi connectivity index (χ4n) is 2.56. The van der Waals surface area contributed by atoms with E-state index in [1.165, 1.54) is 25.7 Å². The second kappa shape index (κ2) is 7.41. The number of anilines is 1. The van der Waals surface area contributed by atoms with E-state index in [1.807, 2.05) is 31.2 Å². The van der Waals surface area contributed by atoms with E-state index in [9.17, 15) is 9.90 Å². The molecule has 1 saturated carbocycles. The fraction of sp³-hybridized carbons (Fsp3) is 0.562. The van der Waals surface area contributed by atoms with Gasteiger partial charge in [0.25, 0.3) is 0 Å². The first-order valence-corrected chi connectivity index (χ1v) is 7.50. The van der Waals surface area contributed by atoms with Gasteiger partial charge in [0.1, 0.15) is 0 Å². The number of amides is 1. The Bertz CT molecular complexity index is 425. The van der Waals surface area contributed by atoms with Crippen molar-refractivity contribution in [1.82, 2.24) is 5.32 Å². The maximum atomic E-state index is 11.3. The first-order valence-electron chi connectivity index (χ1n) is 7.50. The Morgan fingerprint density at radius 2 is 1.95 bits per heavy atom. The van der Waals surface area contributed by atoms with E-state index in [-0.39, 0.29) is 5.91 Å². The highest BCUT2D eigenvalue weighted by Gasteiger charge is 2.16. The lowest BCUT2D eigenvalue weighted by Gasteiger charge is -2.16. The molecule has 1 fully saturated rings. The summed E-state index contributed by atoms with van der Waals surface area (Å²) in [7, 11) is 0. The number of aliphatic hydroxyl groups is 1. The Hall–Kier alpha value is -1.39. The molecule has 1 aliphatic rings. The van der Waals surface area contributed by atoms with Gasteiger partial charge in [-0.2, -0.15) is 0 Å². The van der Waals surface area contributed by atoms with Gasteiger partial charge in [0.15, 0.2) is 0 Å². The minimum absolute atomic E-state index is 0.00111. The highest BCUT2D eigenvalue weighted by molar-refractivity contribution is 5.90. The van der Waals surface area contributed by atoms with Crippen molar-refractivity contribution < 1.29 is 9.90 Å². The van der Waals surface area contributed by atoms with E-state index >= 15 is 0 Å². The molecule has 0 aliphatic heterocycles. The number of carbonyl (C=O) groups excluding carboxylic acids is 1. The number of rotatable bonds is 6. The van der Waals surface area contributed by atoms with Crippen LogP contribution in [0.4, 0.5) is 5.69 Å². The zero-order valence-electron chi connectivity index (χ0n) is 12.1. The van der Waals surface area contributed by atoms with Crippen LogP contribution in [0.5, 0.6) is 0 Å². The first kappa shape index (κ1) is 15.0. The van der Waals surface area contributed by atoms with Crippen LogP contribution in [0.2, 0.25) is 0 Å². The largest absolute Gasteiger partial charge is 0.387 e. The third kappa shape index (κ3) is 4.32. The number of hydrogen-bond acceptors (Lipinski definition) is 3. The molecular weight excluding hydrogens is 252 g/mol. The molecule has 1 atom stereocenters. The predicted octanol–water partition coefficient (Wildman–Crippen LogP) is 2.60. The molecule has 0 bridgehead atoms. The van der Waals surface area contributed by atoms with Crippen LogP contribution in [0.25, 0.3) is 0 Å². The van der Waals surface area contributed by atoms with Crippen LogP contribution in [0.15, 0.2) is 24.3 Å². The van der Waals surface area contributed by atoms with Crippen molar-refractivity contribution in [2.45, 2.75) is 51.2 Å². The second-order valence-corrected chi connectivity index (χ2v) is 5.43. The zero-order valence-corrected chi connectivity index (χ0v) is 12.1. The van der Waals surface area contributed by atoms with Crippen molar-refractivity contribution in [2.24, 2.45) is 0 Å². The standard InChI is InChI=1S/C16H24N2O2/c1-2-16(20)18-14-9-7-12(8-10-14)15(19)11-17-13-5-3-4-6-13/h7-10,13,15,17,19H,2-6,11H2,1H3,(H,18,20). The van der Waals surface area contributed by atoms with E-state index in [0.29, 0.717) is 19.0 Å². The van der Waals surface area contributed by atoms with Gasteiger partial charge in [-0.3, -0.25) is 4.79 Å². The van der Waals surface area contributed by atoms with Gasteiger partial charge in [0.05, 0.1) is 6.10 Å². The predicted molar refractivity (Wildman–Crippen MR) is 80.6 cm³/mol. The second-order valence-electron chi connectivity index (χ2n) is 5.43. The van der Waals surface area contributed by atoms with Gasteiger partial charge in [-0.25, -0.2) is 0 Å². The van der Waals surface area contributed by atoms with Crippen LogP contribution in [0.3, 0.4) is 0 Å². The van der Waals surface area contributed by atoms with Gasteiger partial charge in [0, 0.05) is 24.7 Å². The summed E-state index contributed by atoms with van der Waals surface area (Å²) >= 11 is 0. The summed E-state index contributed by atoms with van der Waals surface area (Å²) in [6.07, 6.45) is 4.99. The van der Waals surface area contributed by atoms with Crippen molar-refractivity contribution in [2.75, 3.05) is 11.9 Å². The molecule has 4 nitrogen and oxygen atoms in total. The summed E-state index contributed by atoms with van der Waals surface area (Å²) in [4.78, 5) is 11.3. The van der Waals surface area contributed by atoms with Crippen molar-refractivity contribution >= 4 is 11.6 Å². The quantitative estimate of drug-likeness (QED) is 0.748. The van der Waals surface area contributed by atoms with Gasteiger partial charge in [-0.15, -0.1) is 0 Å². The maximum absolute atomic E-state index is 11.3. The minimum atomic E-state index is -0.494. The SMILES string of the molecule is CCC(=O)Nc1ccc(C(O)CNC2CCCC2)cc1. The van der Waals surface area contributed by atoms with E-state index in [2.05, 4.69) is 10.6 Å². The summed E-state index contributed by atoms with van der Waals surface area (Å²) in [5, 5.41) is 16.4. The van der Waals surface area contributed by atoms with E-state index in [4.69, 9.17) is 0 Å². The van der Waals surface area contributed by atoms with Crippen LogP contribution in [0, 0.1) is 0 Å². The lowest BCUT2D eigenvalue weighted by atomic mass is 10.1. The third-order valence-corrected chi connectivity index (χ3v) is 3.86. The minimum Gasteiger partial charge on any atom is -0.387 e. The molecule has 1 aromatic rings. The van der Waals surface area contributed by atoms with Crippen LogP contribution < -0.4 is 10.6 Å². The van der Waals surface area contributed by atoms with E-state index in [0.717, 1.165) is 11.3 Å². The highest BCUT2D eigenvalue weighted by Crippen LogP contribution is 2.20. The van der Waals surface area contributed by atoms with Gasteiger partial charge >= 0.3 is 0 Å². The fourth-order valence-corrected chi connectivity index (χ4v) is 2.56. The normalized spacial score (nSPS) is 17.1. The molecule has 0 radical (unpaired) electrons. The molecule has 0 saturated heterocycles. The summed E-state index contributed by atoms with van der Waals surface area (Å²) in [5.41, 5.74) is 1.65. The van der Waals surface area contributed by atoms with Crippen LogP contribution in [0.1, 0.15) is 50.7 Å². The Kier molecular flexibility index (Phi) is 5.56. The Morgan fingerprint density at radius 1 is 1.30 bits per heavy atom. The van der Waals surface area contributed by atoms with Gasteiger partial charge in [0.2, 0.25) is 5.91 Å². The van der Waals surface area contributed by atoms with Crippen molar-refractivity contribution in [1.29, 1.82) is 0 Å². The molecule has 4 heteroatoms. The van der Waals surface area contributed by atoms with Crippen LogP contribution in [-0.4, -0.2) is 23.6 Å². The van der Waals surface area contributed by atoms with Crippen molar-refractivity contribution in [3.8, 4) is 0 Å². The average molecular weight is 276 g/mol. The lowest BCUT2D eigenvalue weighted by Crippen LogP contribution is -2.30. The average Bonchev–Trinajstić information content (AvgIpc) is 2.98. The van der Waals surface area contributed by atoms with Crippen LogP contribution in [-0.2, 0) is 4.79 Å². The summed E-state index contributed by atoms with van der Waals surface area (Å²) in [6, 6.07) is 7.97. The Morgan fingerprint density at radius 3 is 2.55 bits per heavy atom. The molecule has 0 spiro atoms. The number of nitrogens with one attached hydrogen (secondary N) is 2. The summed E-state index contributed by atoms with van der Waals surface area (Å²) in [5.74, 6) is 0.00111. The Balaban J connectivity index is 1.83. The molecule has 20 heavy (non-hydrogen) atoms. The molecule has 110 valence electrons. The molecule has 0 aromatic heterocycles. The monoisotopic (exact) mass is 276 g/mol. The van der Waals surface area contributed by atoms with Crippen LogP contribution >= 0.6 is 0 Å².